The summed E-state index contributed by atoms with van der Waals surface area (Å²) in [5.41, 5.74) is -0.0493. The minimum atomic E-state index is -4.63. The number of alkyl halides is 3. The maximum absolute atomic E-state index is 14.6. The molecular formula is C29H28F3N7O3S2. The Morgan fingerprint density at radius 3 is 2.59 bits per heavy atom. The molecule has 3 fully saturated rings. The number of ether oxygens (including phenoxy) is 1. The first kappa shape index (κ1) is 28.0. The first-order valence-corrected chi connectivity index (χ1v) is 17.1. The number of halogens is 3. The molecule has 1 saturated carbocycles. The van der Waals surface area contributed by atoms with E-state index < -0.39 is 26.3 Å². The average molecular weight is 644 g/mol. The number of hydrogen-bond donors (Lipinski definition) is 2. The molecule has 230 valence electrons. The third kappa shape index (κ3) is 4.34. The van der Waals surface area contributed by atoms with Gasteiger partial charge in [0.25, 0.3) is 0 Å². The molecule has 6 heterocycles. The Balaban J connectivity index is 1.35. The number of aryl methyl sites for hydroxylation is 1. The lowest BCUT2D eigenvalue weighted by Crippen LogP contribution is -2.51. The summed E-state index contributed by atoms with van der Waals surface area (Å²) < 4.78 is 74.2. The minimum absolute atomic E-state index is 0.0339. The smallest absolute Gasteiger partial charge is 0.417 e. The van der Waals surface area contributed by atoms with E-state index in [1.54, 1.807) is 6.07 Å². The first-order chi connectivity index (χ1) is 20.9. The highest BCUT2D eigenvalue weighted by Crippen LogP contribution is 2.48. The third-order valence-corrected chi connectivity index (χ3v) is 12.5. The zero-order valence-corrected chi connectivity index (χ0v) is 25.5. The Bertz CT molecular complexity index is 2080. The molecule has 2 N–H and O–H groups in total. The largest absolute Gasteiger partial charge is 0.462 e. The van der Waals surface area contributed by atoms with Gasteiger partial charge >= 0.3 is 12.2 Å². The van der Waals surface area contributed by atoms with Crippen LogP contribution in [0.3, 0.4) is 0 Å². The Hall–Kier alpha value is -3.56. The van der Waals surface area contributed by atoms with Crippen molar-refractivity contribution >= 4 is 58.2 Å². The Morgan fingerprint density at radius 1 is 1.16 bits per heavy atom. The zero-order chi connectivity index (χ0) is 30.6. The lowest BCUT2D eigenvalue weighted by Gasteiger charge is -2.34. The van der Waals surface area contributed by atoms with E-state index in [1.165, 1.54) is 43.0 Å². The van der Waals surface area contributed by atoms with Crippen LogP contribution in [0.4, 0.5) is 19.0 Å². The Labute approximate surface area is 254 Å². The molecule has 4 aromatic heterocycles. The normalized spacial score (nSPS) is 21.5. The minimum Gasteiger partial charge on any atom is -0.462 e. The second-order valence-corrected chi connectivity index (χ2v) is 15.6. The van der Waals surface area contributed by atoms with Crippen molar-refractivity contribution in [3.63, 3.8) is 0 Å². The van der Waals surface area contributed by atoms with Crippen molar-refractivity contribution in [2.75, 3.05) is 30.9 Å². The zero-order valence-electron chi connectivity index (χ0n) is 23.8. The van der Waals surface area contributed by atoms with Crippen LogP contribution in [-0.4, -0.2) is 76.3 Å². The number of nitrogens with one attached hydrogen (secondary N) is 2. The molecule has 3 aliphatic rings. The van der Waals surface area contributed by atoms with Gasteiger partial charge in [0, 0.05) is 54.0 Å². The van der Waals surface area contributed by atoms with Crippen LogP contribution in [0, 0.1) is 6.92 Å². The lowest BCUT2D eigenvalue weighted by atomic mass is 9.94. The predicted molar refractivity (Wildman–Crippen MR) is 162 cm³/mol. The fourth-order valence-corrected chi connectivity index (χ4v) is 9.07. The molecule has 1 aromatic carbocycles. The van der Waals surface area contributed by atoms with Gasteiger partial charge in [-0.05, 0) is 50.3 Å². The van der Waals surface area contributed by atoms with Crippen LogP contribution in [0.5, 0.6) is 6.01 Å². The van der Waals surface area contributed by atoms with Gasteiger partial charge in [-0.2, -0.15) is 28.2 Å². The van der Waals surface area contributed by atoms with Crippen molar-refractivity contribution in [2.24, 2.45) is 0 Å². The molecule has 2 aliphatic heterocycles. The van der Waals surface area contributed by atoms with E-state index in [0.717, 1.165) is 18.2 Å². The molecule has 15 heteroatoms. The monoisotopic (exact) mass is 643 g/mol. The van der Waals surface area contributed by atoms with E-state index in [4.69, 9.17) is 9.72 Å². The molecule has 0 spiro atoms. The summed E-state index contributed by atoms with van der Waals surface area (Å²) >= 11 is 1.23. The summed E-state index contributed by atoms with van der Waals surface area (Å²) in [5.74, 6) is 0.629. The van der Waals surface area contributed by atoms with Gasteiger partial charge in [0.05, 0.1) is 33.1 Å². The van der Waals surface area contributed by atoms with Gasteiger partial charge in [-0.1, -0.05) is 0 Å². The second kappa shape index (κ2) is 9.47. The summed E-state index contributed by atoms with van der Waals surface area (Å²) in [6, 6.07) is 3.88. The molecule has 0 amide bonds. The van der Waals surface area contributed by atoms with E-state index in [1.807, 2.05) is 0 Å². The van der Waals surface area contributed by atoms with Crippen LogP contribution in [-0.2, 0) is 16.0 Å². The van der Waals surface area contributed by atoms with Crippen LogP contribution in [0.25, 0.3) is 42.5 Å². The topological polar surface area (TPSA) is 126 Å². The molecule has 2 unspecified atom stereocenters. The number of sulfone groups is 1. The van der Waals surface area contributed by atoms with Gasteiger partial charge in [-0.15, -0.1) is 11.3 Å². The van der Waals surface area contributed by atoms with Crippen molar-refractivity contribution < 1.29 is 26.3 Å². The molecule has 8 rings (SSSR count). The van der Waals surface area contributed by atoms with Crippen LogP contribution in [0.15, 0.2) is 24.5 Å². The number of fused-ring (bicyclic) bond motifs is 6. The molecule has 2 bridgehead atoms. The van der Waals surface area contributed by atoms with Crippen molar-refractivity contribution in [3.8, 4) is 17.3 Å². The Kier molecular flexibility index (Phi) is 6.02. The van der Waals surface area contributed by atoms with E-state index in [2.05, 4.69) is 30.4 Å². The van der Waals surface area contributed by atoms with Crippen molar-refractivity contribution in [3.05, 3.63) is 35.7 Å². The first-order valence-electron chi connectivity index (χ1n) is 14.4. The van der Waals surface area contributed by atoms with Crippen molar-refractivity contribution in [2.45, 2.75) is 55.6 Å². The molecule has 2 atom stereocenters. The number of H-pyrrole nitrogens is 1. The van der Waals surface area contributed by atoms with Crippen LogP contribution in [0.1, 0.15) is 36.8 Å². The van der Waals surface area contributed by atoms with Gasteiger partial charge in [-0.25, -0.2) is 8.42 Å². The summed E-state index contributed by atoms with van der Waals surface area (Å²) in [6.45, 7) is 2.79. The quantitative estimate of drug-likeness (QED) is 0.263. The molecule has 2 saturated heterocycles. The summed E-state index contributed by atoms with van der Waals surface area (Å²) in [5, 5.41) is 12.2. The number of benzene rings is 1. The second-order valence-electron chi connectivity index (χ2n) is 12.2. The number of thiophene rings is 1. The lowest BCUT2D eigenvalue weighted by molar-refractivity contribution is -0.137. The number of hydrogen-bond acceptors (Lipinski definition) is 10. The highest BCUT2D eigenvalue weighted by Gasteiger charge is 2.53. The molecule has 1 aliphatic carbocycles. The maximum atomic E-state index is 14.6. The number of aromatic nitrogens is 5. The number of nitrogens with zero attached hydrogens (tertiary/aromatic N) is 5. The molecular weight excluding hydrogens is 615 g/mol. The van der Waals surface area contributed by atoms with E-state index in [9.17, 15) is 21.6 Å². The molecule has 0 radical (unpaired) electrons. The van der Waals surface area contributed by atoms with Crippen LogP contribution < -0.4 is 15.0 Å². The summed E-state index contributed by atoms with van der Waals surface area (Å²) in [4.78, 5) is 16.8. The van der Waals surface area contributed by atoms with Gasteiger partial charge in [-0.3, -0.25) is 10.1 Å². The SMILES string of the molecule is Cc1cc2[nH]ncc2c(-c2nccc3c2sc2nc(OCC4(S(C)(=O)=O)CC4)nc(N4CC5CCC(C4)N5)c23)c1C(F)(F)F. The van der Waals surface area contributed by atoms with Gasteiger partial charge < -0.3 is 15.0 Å². The summed E-state index contributed by atoms with van der Waals surface area (Å²) in [7, 11) is -3.33. The van der Waals surface area contributed by atoms with Crippen molar-refractivity contribution in [1.82, 2.24) is 30.5 Å². The standard InChI is InChI=1S/C29H28F3N7O3S2/c1-14-9-19-18(10-34-38-19)20(22(14)29(30,31)32)23-24-17(5-8-33-23)21-25(39-11-15-3-4-16(12-39)35-15)36-27(37-26(21)43-24)42-13-28(6-7-28)44(2,40)41/h5,8-10,15-16,35H,3-4,6-7,11-13H2,1-2H3,(H,34,38). The van der Waals surface area contributed by atoms with Gasteiger partial charge in [0.1, 0.15) is 22.0 Å². The highest BCUT2D eigenvalue weighted by atomic mass is 32.2. The third-order valence-electron chi connectivity index (χ3n) is 9.25. The fourth-order valence-electron chi connectivity index (χ4n) is 6.80. The summed E-state index contributed by atoms with van der Waals surface area (Å²) in [6.07, 6.45) is 2.63. The van der Waals surface area contributed by atoms with Crippen LogP contribution >= 0.6 is 11.3 Å². The van der Waals surface area contributed by atoms with Gasteiger partial charge in [0.15, 0.2) is 9.84 Å². The van der Waals surface area contributed by atoms with Crippen LogP contribution in [0.2, 0.25) is 0 Å². The van der Waals surface area contributed by atoms with E-state index >= 15 is 0 Å². The number of piperazine rings is 1. The molecule has 5 aromatic rings. The number of rotatable bonds is 6. The highest BCUT2D eigenvalue weighted by molar-refractivity contribution is 7.92. The molecule has 44 heavy (non-hydrogen) atoms. The number of aromatic amines is 1. The molecule has 10 nitrogen and oxygen atoms in total. The predicted octanol–water partition coefficient (Wildman–Crippen LogP) is 5.01. The average Bonchev–Trinajstić information content (AvgIpc) is 3.29. The van der Waals surface area contributed by atoms with E-state index in [-0.39, 0.29) is 29.4 Å². The number of pyridine rings is 1. The van der Waals surface area contributed by atoms with Crippen molar-refractivity contribution in [1.29, 1.82) is 0 Å². The van der Waals surface area contributed by atoms with Gasteiger partial charge in [0.2, 0.25) is 0 Å². The van der Waals surface area contributed by atoms with E-state index in [0.29, 0.717) is 69.7 Å². The Morgan fingerprint density at radius 2 is 1.91 bits per heavy atom. The maximum Gasteiger partial charge on any atom is 0.417 e. The number of anilines is 1. The fraction of sp³-hybridized carbons (Fsp3) is 0.448.